The Morgan fingerprint density at radius 2 is 1.96 bits per heavy atom. The lowest BCUT2D eigenvalue weighted by Gasteiger charge is -2.34. The minimum Gasteiger partial charge on any atom is -0.358 e. The van der Waals surface area contributed by atoms with E-state index in [0.717, 1.165) is 12.8 Å². The number of nitrogens with zero attached hydrogens (tertiary/aromatic N) is 2. The average molecular weight is 328 g/mol. The average Bonchev–Trinajstić information content (AvgIpc) is 2.61. The molecule has 0 fully saturated rings. The highest BCUT2D eigenvalue weighted by Gasteiger charge is 2.24. The molecule has 3 rings (SSSR count). The minimum absolute atomic E-state index is 0.286. The van der Waals surface area contributed by atoms with Crippen molar-refractivity contribution in [2.24, 2.45) is 0 Å². The molecule has 128 valence electrons. The predicted molar refractivity (Wildman–Crippen MR) is 95.3 cm³/mol. The van der Waals surface area contributed by atoms with Crippen LogP contribution in [0, 0.1) is 0 Å². The van der Waals surface area contributed by atoms with Crippen molar-refractivity contribution < 1.29 is 0 Å². The van der Waals surface area contributed by atoms with Gasteiger partial charge in [-0.3, -0.25) is 19.2 Å². The summed E-state index contributed by atoms with van der Waals surface area (Å²) in [6.07, 6.45) is 1.76. The summed E-state index contributed by atoms with van der Waals surface area (Å²) in [5.74, 6) is 0.666. The molecule has 0 spiro atoms. The molecule has 0 amide bonds. The van der Waals surface area contributed by atoms with Crippen LogP contribution in [0.4, 0.5) is 5.82 Å². The van der Waals surface area contributed by atoms with E-state index in [1.807, 2.05) is 30.3 Å². The van der Waals surface area contributed by atoms with Crippen LogP contribution < -0.4 is 16.6 Å². The Bertz CT molecular complexity index is 810. The van der Waals surface area contributed by atoms with Crippen LogP contribution in [-0.2, 0) is 19.5 Å². The first kappa shape index (κ1) is 16.5. The molecule has 2 aromatic rings. The van der Waals surface area contributed by atoms with Crippen molar-refractivity contribution >= 4 is 5.82 Å². The van der Waals surface area contributed by atoms with Crippen molar-refractivity contribution in [3.63, 3.8) is 0 Å². The van der Waals surface area contributed by atoms with Crippen molar-refractivity contribution in [1.29, 1.82) is 0 Å². The molecule has 6 heteroatoms. The maximum Gasteiger partial charge on any atom is 0.329 e. The second-order valence-corrected chi connectivity index (χ2v) is 6.31. The van der Waals surface area contributed by atoms with Crippen LogP contribution in [0.2, 0.25) is 0 Å². The number of nitrogens with one attached hydrogen (secondary N) is 2. The number of H-pyrrole nitrogens is 1. The summed E-state index contributed by atoms with van der Waals surface area (Å²) >= 11 is 0. The smallest absolute Gasteiger partial charge is 0.329 e. The van der Waals surface area contributed by atoms with Gasteiger partial charge in [-0.1, -0.05) is 37.3 Å². The quantitative estimate of drug-likeness (QED) is 0.877. The lowest BCUT2D eigenvalue weighted by atomic mass is 10.1. The van der Waals surface area contributed by atoms with Crippen molar-refractivity contribution in [2.45, 2.75) is 45.8 Å². The molecule has 1 aliphatic heterocycles. The Kier molecular flexibility index (Phi) is 4.85. The fourth-order valence-electron chi connectivity index (χ4n) is 3.07. The standard InChI is InChI=1S/C18H24N4O2/c1-3-13(2)21-11-15-16(19-12-21)22(18(24)20-17(15)23)10-9-14-7-5-4-6-8-14/h4-8,13,19H,3,9-12H2,1-2H3,(H,20,23,24)/t13-/m0/s1. The summed E-state index contributed by atoms with van der Waals surface area (Å²) in [4.78, 5) is 29.2. The van der Waals surface area contributed by atoms with Gasteiger partial charge < -0.3 is 5.32 Å². The number of hydrogen-bond acceptors (Lipinski definition) is 4. The molecule has 1 aromatic carbocycles. The molecule has 1 aromatic heterocycles. The summed E-state index contributed by atoms with van der Waals surface area (Å²) in [7, 11) is 0. The molecule has 1 aliphatic rings. The molecule has 0 aliphatic carbocycles. The third-order valence-corrected chi connectivity index (χ3v) is 4.79. The molecule has 0 saturated heterocycles. The molecule has 24 heavy (non-hydrogen) atoms. The van der Waals surface area contributed by atoms with E-state index in [4.69, 9.17) is 0 Å². The summed E-state index contributed by atoms with van der Waals surface area (Å²) < 4.78 is 1.65. The largest absolute Gasteiger partial charge is 0.358 e. The number of anilines is 1. The van der Waals surface area contributed by atoms with Gasteiger partial charge in [0.2, 0.25) is 0 Å². The van der Waals surface area contributed by atoms with Gasteiger partial charge in [-0.2, -0.15) is 0 Å². The Labute approximate surface area is 141 Å². The van der Waals surface area contributed by atoms with Crippen molar-refractivity contribution in [3.05, 3.63) is 62.3 Å². The van der Waals surface area contributed by atoms with E-state index in [1.165, 1.54) is 5.56 Å². The van der Waals surface area contributed by atoms with E-state index in [2.05, 4.69) is 29.0 Å². The minimum atomic E-state index is -0.348. The highest BCUT2D eigenvalue weighted by molar-refractivity contribution is 5.45. The number of aromatic nitrogens is 2. The maximum absolute atomic E-state index is 12.3. The maximum atomic E-state index is 12.3. The topological polar surface area (TPSA) is 70.1 Å². The number of fused-ring (bicyclic) bond motifs is 1. The van der Waals surface area contributed by atoms with Crippen LogP contribution >= 0.6 is 0 Å². The molecular weight excluding hydrogens is 304 g/mol. The lowest BCUT2D eigenvalue weighted by Crippen LogP contribution is -2.46. The molecule has 1 atom stereocenters. The zero-order chi connectivity index (χ0) is 17.1. The second-order valence-electron chi connectivity index (χ2n) is 6.31. The van der Waals surface area contributed by atoms with E-state index in [-0.39, 0.29) is 11.2 Å². The van der Waals surface area contributed by atoms with Crippen LogP contribution in [0.1, 0.15) is 31.4 Å². The van der Waals surface area contributed by atoms with E-state index in [1.54, 1.807) is 4.57 Å². The molecular formula is C18H24N4O2. The van der Waals surface area contributed by atoms with Crippen LogP contribution in [0.3, 0.4) is 0 Å². The van der Waals surface area contributed by atoms with Crippen LogP contribution in [0.25, 0.3) is 0 Å². The molecule has 0 saturated carbocycles. The van der Waals surface area contributed by atoms with E-state index in [0.29, 0.717) is 37.2 Å². The molecule has 2 N–H and O–H groups in total. The van der Waals surface area contributed by atoms with Crippen molar-refractivity contribution in [1.82, 2.24) is 14.5 Å². The summed E-state index contributed by atoms with van der Waals surface area (Å²) in [6.45, 7) is 6.03. The zero-order valence-electron chi connectivity index (χ0n) is 14.2. The number of aromatic amines is 1. The third kappa shape index (κ3) is 3.28. The molecule has 0 bridgehead atoms. The lowest BCUT2D eigenvalue weighted by molar-refractivity contribution is 0.200. The monoisotopic (exact) mass is 328 g/mol. The van der Waals surface area contributed by atoms with Gasteiger partial charge in [0.15, 0.2) is 0 Å². The van der Waals surface area contributed by atoms with Crippen LogP contribution in [-0.4, -0.2) is 27.2 Å². The van der Waals surface area contributed by atoms with Gasteiger partial charge in [-0.15, -0.1) is 0 Å². The first-order chi connectivity index (χ1) is 11.6. The predicted octanol–water partition coefficient (Wildman–Crippen LogP) is 1.76. The van der Waals surface area contributed by atoms with Gasteiger partial charge >= 0.3 is 5.69 Å². The normalized spacial score (nSPS) is 15.6. The second kappa shape index (κ2) is 7.05. The highest BCUT2D eigenvalue weighted by atomic mass is 16.2. The van der Waals surface area contributed by atoms with Gasteiger partial charge in [-0.25, -0.2) is 4.79 Å². The van der Waals surface area contributed by atoms with Crippen molar-refractivity contribution in [2.75, 3.05) is 12.0 Å². The summed E-state index contributed by atoms with van der Waals surface area (Å²) in [6, 6.07) is 10.4. The Balaban J connectivity index is 1.89. The van der Waals surface area contributed by atoms with Gasteiger partial charge in [0.25, 0.3) is 5.56 Å². The number of rotatable bonds is 5. The van der Waals surface area contributed by atoms with Gasteiger partial charge in [0, 0.05) is 19.1 Å². The van der Waals surface area contributed by atoms with Crippen molar-refractivity contribution in [3.8, 4) is 0 Å². The van der Waals surface area contributed by atoms with Gasteiger partial charge in [-0.05, 0) is 25.3 Å². The Morgan fingerprint density at radius 3 is 2.67 bits per heavy atom. The first-order valence-electron chi connectivity index (χ1n) is 8.48. The highest BCUT2D eigenvalue weighted by Crippen LogP contribution is 2.20. The fourth-order valence-corrected chi connectivity index (χ4v) is 3.07. The SMILES string of the molecule is CC[C@H](C)N1CNc2c(c(=O)[nH]c(=O)n2CCc2ccccc2)C1. The van der Waals surface area contributed by atoms with Gasteiger partial charge in [0.1, 0.15) is 5.82 Å². The Morgan fingerprint density at radius 1 is 1.21 bits per heavy atom. The van der Waals surface area contributed by atoms with Gasteiger partial charge in [0.05, 0.1) is 12.2 Å². The molecule has 6 nitrogen and oxygen atoms in total. The summed E-state index contributed by atoms with van der Waals surface area (Å²) in [5, 5.41) is 3.28. The number of benzene rings is 1. The fraction of sp³-hybridized carbons (Fsp3) is 0.444. The molecule has 0 unspecified atom stereocenters. The van der Waals surface area contributed by atoms with E-state index in [9.17, 15) is 9.59 Å². The summed E-state index contributed by atoms with van der Waals surface area (Å²) in [5.41, 5.74) is 1.18. The zero-order valence-corrected chi connectivity index (χ0v) is 14.2. The molecule has 0 radical (unpaired) electrons. The Hall–Kier alpha value is -2.34. The molecule has 2 heterocycles. The van der Waals surface area contributed by atoms with E-state index < -0.39 is 0 Å². The third-order valence-electron chi connectivity index (χ3n) is 4.79. The first-order valence-corrected chi connectivity index (χ1v) is 8.48. The number of hydrogen-bond donors (Lipinski definition) is 2. The van der Waals surface area contributed by atoms with Crippen LogP contribution in [0.5, 0.6) is 0 Å². The number of aryl methyl sites for hydroxylation is 1. The van der Waals surface area contributed by atoms with E-state index >= 15 is 0 Å². The van der Waals surface area contributed by atoms with Crippen LogP contribution in [0.15, 0.2) is 39.9 Å².